The second-order valence-electron chi connectivity index (χ2n) is 7.02. The first-order valence-corrected chi connectivity index (χ1v) is 9.38. The Morgan fingerprint density at radius 2 is 2.07 bits per heavy atom. The molecule has 1 aliphatic rings. The Balaban J connectivity index is 1.42. The van der Waals surface area contributed by atoms with Gasteiger partial charge in [0.05, 0.1) is 17.4 Å². The highest BCUT2D eigenvalue weighted by atomic mass is 19.1. The maximum Gasteiger partial charge on any atom is 0.137 e. The number of fused-ring (bicyclic) bond motifs is 2. The van der Waals surface area contributed by atoms with Gasteiger partial charge in [-0.05, 0) is 31.2 Å². The minimum atomic E-state index is -0.243. The fraction of sp³-hybridized carbons (Fsp3) is 0.182. The molecule has 0 fully saturated rings. The lowest BCUT2D eigenvalue weighted by molar-refractivity contribution is 0.246. The summed E-state index contributed by atoms with van der Waals surface area (Å²) in [6.07, 6.45) is 7.43. The van der Waals surface area contributed by atoms with Crippen LogP contribution in [0, 0.1) is 12.7 Å². The zero-order valence-corrected chi connectivity index (χ0v) is 15.8. The average Bonchev–Trinajstić information content (AvgIpc) is 3.14. The van der Waals surface area contributed by atoms with Crippen LogP contribution in [0.3, 0.4) is 0 Å². The standard InChI is InChI=1S/C22H18FN5O/c1-13-17(3-2-6-25-13)18-11-27-22(19-10-24-12-28-21(18)19)26-9-16-8-14-7-15(23)4-5-20(14)29-16/h2-7,10-12,16H,8-9H2,1H3,(H,26,27). The number of rotatable bonds is 4. The lowest BCUT2D eigenvalue weighted by Crippen LogP contribution is -2.24. The predicted molar refractivity (Wildman–Crippen MR) is 108 cm³/mol. The van der Waals surface area contributed by atoms with E-state index in [1.165, 1.54) is 18.5 Å². The van der Waals surface area contributed by atoms with E-state index in [2.05, 4.69) is 25.3 Å². The van der Waals surface area contributed by atoms with Crippen LogP contribution in [0.25, 0.3) is 22.0 Å². The summed E-state index contributed by atoms with van der Waals surface area (Å²) in [4.78, 5) is 17.6. The summed E-state index contributed by atoms with van der Waals surface area (Å²) in [6, 6.07) is 8.54. The lowest BCUT2D eigenvalue weighted by Gasteiger charge is -2.15. The van der Waals surface area contributed by atoms with Crippen molar-refractivity contribution < 1.29 is 9.13 Å². The van der Waals surface area contributed by atoms with Gasteiger partial charge in [0.15, 0.2) is 0 Å². The Hall–Kier alpha value is -3.61. The molecule has 1 aromatic carbocycles. The molecule has 0 saturated heterocycles. The van der Waals surface area contributed by atoms with Crippen molar-refractivity contribution in [2.24, 2.45) is 0 Å². The molecule has 144 valence electrons. The summed E-state index contributed by atoms with van der Waals surface area (Å²) in [7, 11) is 0. The Morgan fingerprint density at radius 3 is 2.97 bits per heavy atom. The van der Waals surface area contributed by atoms with E-state index in [4.69, 9.17) is 4.74 Å². The molecule has 1 aliphatic heterocycles. The molecular weight excluding hydrogens is 369 g/mol. The number of pyridine rings is 2. The van der Waals surface area contributed by atoms with Crippen LogP contribution in [-0.2, 0) is 6.42 Å². The lowest BCUT2D eigenvalue weighted by atomic mass is 10.0. The van der Waals surface area contributed by atoms with Crippen LogP contribution in [0.5, 0.6) is 5.75 Å². The molecule has 0 aliphatic carbocycles. The molecule has 0 amide bonds. The predicted octanol–water partition coefficient (Wildman–Crippen LogP) is 3.95. The van der Waals surface area contributed by atoms with Gasteiger partial charge in [0.2, 0.25) is 0 Å². The molecule has 29 heavy (non-hydrogen) atoms. The van der Waals surface area contributed by atoms with Gasteiger partial charge in [0.1, 0.15) is 29.8 Å². The van der Waals surface area contributed by atoms with Crippen LogP contribution < -0.4 is 10.1 Å². The molecule has 0 saturated carbocycles. The molecule has 1 unspecified atom stereocenters. The topological polar surface area (TPSA) is 72.8 Å². The van der Waals surface area contributed by atoms with E-state index in [9.17, 15) is 4.39 Å². The van der Waals surface area contributed by atoms with Crippen molar-refractivity contribution in [2.75, 3.05) is 11.9 Å². The van der Waals surface area contributed by atoms with Gasteiger partial charge in [0.25, 0.3) is 0 Å². The van der Waals surface area contributed by atoms with Crippen molar-refractivity contribution in [1.29, 1.82) is 0 Å². The van der Waals surface area contributed by atoms with E-state index >= 15 is 0 Å². The number of nitrogens with zero attached hydrogens (tertiary/aromatic N) is 4. The molecule has 4 heterocycles. The van der Waals surface area contributed by atoms with Crippen molar-refractivity contribution in [3.05, 3.63) is 72.3 Å². The minimum Gasteiger partial charge on any atom is -0.488 e. The number of halogens is 1. The number of aryl methyl sites for hydroxylation is 1. The SMILES string of the molecule is Cc1ncccc1-c1cnc(NCC2Cc3cc(F)ccc3O2)c2cncnc12. The van der Waals surface area contributed by atoms with Crippen LogP contribution in [0.2, 0.25) is 0 Å². The van der Waals surface area contributed by atoms with Crippen LogP contribution in [0.15, 0.2) is 55.2 Å². The normalized spacial score (nSPS) is 15.2. The Labute approximate surface area is 166 Å². The zero-order valence-electron chi connectivity index (χ0n) is 15.8. The smallest absolute Gasteiger partial charge is 0.137 e. The quantitative estimate of drug-likeness (QED) is 0.572. The van der Waals surface area contributed by atoms with Gasteiger partial charge in [-0.1, -0.05) is 6.07 Å². The maximum absolute atomic E-state index is 13.4. The van der Waals surface area contributed by atoms with E-state index in [0.29, 0.717) is 18.8 Å². The number of hydrogen-bond donors (Lipinski definition) is 1. The Morgan fingerprint density at radius 1 is 1.14 bits per heavy atom. The molecule has 0 bridgehead atoms. The van der Waals surface area contributed by atoms with Gasteiger partial charge >= 0.3 is 0 Å². The summed E-state index contributed by atoms with van der Waals surface area (Å²) < 4.78 is 19.3. The van der Waals surface area contributed by atoms with Crippen molar-refractivity contribution in [2.45, 2.75) is 19.4 Å². The molecule has 5 rings (SSSR count). The number of nitrogens with one attached hydrogen (secondary N) is 1. The fourth-order valence-corrected chi connectivity index (χ4v) is 3.70. The van der Waals surface area contributed by atoms with Crippen molar-refractivity contribution in [3.8, 4) is 16.9 Å². The van der Waals surface area contributed by atoms with Crippen LogP contribution in [-0.4, -0.2) is 32.6 Å². The molecule has 3 aromatic heterocycles. The fourth-order valence-electron chi connectivity index (χ4n) is 3.70. The molecule has 6 nitrogen and oxygen atoms in total. The highest BCUT2D eigenvalue weighted by molar-refractivity contribution is 5.98. The molecule has 0 spiro atoms. The van der Waals surface area contributed by atoms with Gasteiger partial charge in [-0.2, -0.15) is 0 Å². The third-order valence-electron chi connectivity index (χ3n) is 5.10. The molecule has 7 heteroatoms. The molecule has 4 aromatic rings. The van der Waals surface area contributed by atoms with Gasteiger partial charge in [0, 0.05) is 47.4 Å². The van der Waals surface area contributed by atoms with Crippen LogP contribution in [0.1, 0.15) is 11.3 Å². The number of anilines is 1. The van der Waals surface area contributed by atoms with Gasteiger partial charge in [-0.25, -0.2) is 19.3 Å². The zero-order chi connectivity index (χ0) is 19.8. The van der Waals surface area contributed by atoms with Gasteiger partial charge in [-0.3, -0.25) is 4.98 Å². The van der Waals surface area contributed by atoms with Crippen molar-refractivity contribution in [1.82, 2.24) is 19.9 Å². The summed E-state index contributed by atoms with van der Waals surface area (Å²) in [5, 5.41) is 4.18. The molecule has 1 atom stereocenters. The minimum absolute atomic E-state index is 0.0893. The number of hydrogen-bond acceptors (Lipinski definition) is 6. The summed E-state index contributed by atoms with van der Waals surface area (Å²) in [6.45, 7) is 2.50. The largest absolute Gasteiger partial charge is 0.488 e. The van der Waals surface area contributed by atoms with E-state index in [0.717, 1.165) is 39.0 Å². The second kappa shape index (κ2) is 7.09. The van der Waals surface area contributed by atoms with Crippen LogP contribution in [0.4, 0.5) is 10.2 Å². The number of ether oxygens (including phenoxy) is 1. The Bertz CT molecular complexity index is 1210. The average molecular weight is 387 g/mol. The summed E-state index contributed by atoms with van der Waals surface area (Å²) in [5.74, 6) is 1.19. The molecule has 1 N–H and O–H groups in total. The highest BCUT2D eigenvalue weighted by Gasteiger charge is 2.23. The van der Waals surface area contributed by atoms with Crippen LogP contribution >= 0.6 is 0 Å². The first kappa shape index (κ1) is 17.5. The number of benzene rings is 1. The van der Waals surface area contributed by atoms with Crippen molar-refractivity contribution in [3.63, 3.8) is 0 Å². The van der Waals surface area contributed by atoms with E-state index in [1.54, 1.807) is 24.7 Å². The van der Waals surface area contributed by atoms with E-state index in [1.807, 2.05) is 19.1 Å². The summed E-state index contributed by atoms with van der Waals surface area (Å²) >= 11 is 0. The maximum atomic E-state index is 13.4. The first-order valence-electron chi connectivity index (χ1n) is 9.38. The summed E-state index contributed by atoms with van der Waals surface area (Å²) in [5.41, 5.74) is 4.52. The van der Waals surface area contributed by atoms with Gasteiger partial charge in [-0.15, -0.1) is 0 Å². The van der Waals surface area contributed by atoms with Gasteiger partial charge < -0.3 is 10.1 Å². The first-order chi connectivity index (χ1) is 14.2. The third-order valence-corrected chi connectivity index (χ3v) is 5.10. The molecular formula is C22H18FN5O. The second-order valence-corrected chi connectivity index (χ2v) is 7.02. The van der Waals surface area contributed by atoms with E-state index in [-0.39, 0.29) is 11.9 Å². The molecule has 0 radical (unpaired) electrons. The third kappa shape index (κ3) is 3.24. The Kier molecular flexibility index (Phi) is 4.27. The number of aromatic nitrogens is 4. The highest BCUT2D eigenvalue weighted by Crippen LogP contribution is 2.32. The van der Waals surface area contributed by atoms with E-state index < -0.39 is 0 Å². The van der Waals surface area contributed by atoms with Crippen molar-refractivity contribution >= 4 is 16.7 Å². The monoisotopic (exact) mass is 387 g/mol.